The summed E-state index contributed by atoms with van der Waals surface area (Å²) in [7, 11) is 0. The zero-order valence-electron chi connectivity index (χ0n) is 33.7. The van der Waals surface area contributed by atoms with Gasteiger partial charge in [-0.1, -0.05) is 182 Å². The van der Waals surface area contributed by atoms with Crippen LogP contribution < -0.4 is 0 Å². The predicted molar refractivity (Wildman–Crippen MR) is 259 cm³/mol. The molecule has 1 aliphatic carbocycles. The Balaban J connectivity index is 1.03. The number of rotatable bonds is 7. The summed E-state index contributed by atoms with van der Waals surface area (Å²) in [4.78, 5) is 15.7. The summed E-state index contributed by atoms with van der Waals surface area (Å²) in [5, 5.41) is 2.56. The summed E-state index contributed by atoms with van der Waals surface area (Å²) in [6.07, 6.45) is 0.897. The van der Waals surface area contributed by atoms with Gasteiger partial charge in [-0.15, -0.1) is 11.3 Å². The number of hydrogen-bond acceptors (Lipinski definition) is 4. The van der Waals surface area contributed by atoms with Crippen molar-refractivity contribution in [1.82, 2.24) is 15.0 Å². The second kappa shape index (κ2) is 15.0. The summed E-state index contributed by atoms with van der Waals surface area (Å²) >= 11 is 1.86. The monoisotopic (exact) mass is 807 g/mol. The Hall–Kier alpha value is -7.79. The third-order valence-corrected chi connectivity index (χ3v) is 13.4. The van der Waals surface area contributed by atoms with Gasteiger partial charge in [0.05, 0.1) is 0 Å². The van der Waals surface area contributed by atoms with Crippen LogP contribution in [0.25, 0.3) is 110 Å². The molecule has 0 saturated carbocycles. The fourth-order valence-corrected chi connectivity index (χ4v) is 10.4. The van der Waals surface area contributed by atoms with E-state index in [4.69, 9.17) is 15.0 Å². The molecule has 0 atom stereocenters. The van der Waals surface area contributed by atoms with Gasteiger partial charge in [-0.2, -0.15) is 0 Å². The van der Waals surface area contributed by atoms with Crippen LogP contribution in [0.15, 0.2) is 212 Å². The topological polar surface area (TPSA) is 38.7 Å². The summed E-state index contributed by atoms with van der Waals surface area (Å²) in [5.74, 6) is 1.91. The Kier molecular flexibility index (Phi) is 8.75. The van der Waals surface area contributed by atoms with Crippen molar-refractivity contribution in [3.8, 4) is 89.8 Å². The Labute approximate surface area is 364 Å². The smallest absolute Gasteiger partial charge is 0.164 e. The van der Waals surface area contributed by atoms with Crippen molar-refractivity contribution in [3.05, 3.63) is 223 Å². The third-order valence-electron chi connectivity index (χ3n) is 12.2. The quantitative estimate of drug-likeness (QED) is 0.161. The first-order valence-electron chi connectivity index (χ1n) is 21.0. The van der Waals surface area contributed by atoms with Crippen LogP contribution in [0, 0.1) is 0 Å². The van der Waals surface area contributed by atoms with Gasteiger partial charge < -0.3 is 0 Å². The lowest BCUT2D eigenvalue weighted by molar-refractivity contribution is 1.07. The number of nitrogens with zero attached hydrogens (tertiary/aromatic N) is 3. The summed E-state index contributed by atoms with van der Waals surface area (Å²) < 4.78 is 2.56. The minimum Gasteiger partial charge on any atom is -0.208 e. The fourth-order valence-electron chi connectivity index (χ4n) is 9.14. The van der Waals surface area contributed by atoms with E-state index < -0.39 is 0 Å². The maximum absolute atomic E-state index is 5.31. The van der Waals surface area contributed by atoms with Crippen LogP contribution in [0.5, 0.6) is 0 Å². The Morgan fingerprint density at radius 3 is 1.55 bits per heavy atom. The number of benzene rings is 9. The van der Waals surface area contributed by atoms with Gasteiger partial charge in [0.2, 0.25) is 0 Å². The van der Waals surface area contributed by atoms with E-state index in [0.717, 1.165) is 45.4 Å². The lowest BCUT2D eigenvalue weighted by Gasteiger charge is -2.15. The first-order valence-corrected chi connectivity index (χ1v) is 21.9. The highest BCUT2D eigenvalue weighted by molar-refractivity contribution is 7.26. The van der Waals surface area contributed by atoms with E-state index >= 15 is 0 Å². The average Bonchev–Trinajstić information content (AvgIpc) is 3.93. The van der Waals surface area contributed by atoms with Gasteiger partial charge in [-0.05, 0) is 104 Å². The lowest BCUT2D eigenvalue weighted by Crippen LogP contribution is -2.01. The molecular weight excluding hydrogens is 771 g/mol. The molecule has 0 N–H and O–H groups in total. The van der Waals surface area contributed by atoms with Crippen LogP contribution in [-0.2, 0) is 6.42 Å². The van der Waals surface area contributed by atoms with Crippen molar-refractivity contribution in [2.45, 2.75) is 6.42 Å². The summed E-state index contributed by atoms with van der Waals surface area (Å²) in [6, 6.07) is 76.0. The Bertz CT molecular complexity index is 3480. The molecule has 290 valence electrons. The van der Waals surface area contributed by atoms with Gasteiger partial charge >= 0.3 is 0 Å². The van der Waals surface area contributed by atoms with E-state index in [9.17, 15) is 0 Å². The highest BCUT2D eigenvalue weighted by Crippen LogP contribution is 2.45. The number of thiophene rings is 1. The molecule has 0 radical (unpaired) electrons. The van der Waals surface area contributed by atoms with Crippen molar-refractivity contribution >= 4 is 31.5 Å². The van der Waals surface area contributed by atoms with Crippen LogP contribution in [-0.4, -0.2) is 15.0 Å². The van der Waals surface area contributed by atoms with Gasteiger partial charge in [0.15, 0.2) is 17.5 Å². The molecular formula is C58H37N3S. The van der Waals surface area contributed by atoms with E-state index in [1.807, 2.05) is 29.5 Å². The zero-order chi connectivity index (χ0) is 41.0. The minimum absolute atomic E-state index is 0.632. The fraction of sp³-hybridized carbons (Fsp3) is 0.0172. The van der Waals surface area contributed by atoms with E-state index in [2.05, 4.69) is 194 Å². The van der Waals surface area contributed by atoms with Crippen molar-refractivity contribution in [2.24, 2.45) is 0 Å². The molecule has 4 heteroatoms. The molecule has 0 unspecified atom stereocenters. The van der Waals surface area contributed by atoms with Crippen molar-refractivity contribution in [1.29, 1.82) is 0 Å². The normalized spacial score (nSPS) is 11.8. The highest BCUT2D eigenvalue weighted by atomic mass is 32.1. The standard InChI is InChI=1S/C58H37N3S/c1-3-14-37(15-4-1)41-19-11-20-42(32-41)38-28-30-40(31-29-38)57-59-56(39-16-5-2-6-17-39)60-58(61-57)46-34-44(48-23-12-25-50-47-21-8-7-18-43(47)36-53(48)50)33-45(35-46)49-24-13-26-52-51-22-9-10-27-54(51)62-55(49)52/h1-35H,36H2. The lowest BCUT2D eigenvalue weighted by atomic mass is 9.91. The zero-order valence-corrected chi connectivity index (χ0v) is 34.5. The Morgan fingerprint density at radius 2 is 0.774 bits per heavy atom. The SMILES string of the molecule is c1ccc(-c2cccc(-c3ccc(-c4nc(-c5ccccc5)nc(-c5cc(-c6cccc7c6Cc6ccccc6-7)cc(-c6cccc7c6sc6ccccc67)c5)n4)cc3)c2)cc1. The first-order chi connectivity index (χ1) is 30.7. The van der Waals surface area contributed by atoms with Gasteiger partial charge in [0.25, 0.3) is 0 Å². The minimum atomic E-state index is 0.632. The van der Waals surface area contributed by atoms with Gasteiger partial charge in [0, 0.05) is 36.9 Å². The van der Waals surface area contributed by atoms with Crippen molar-refractivity contribution in [3.63, 3.8) is 0 Å². The molecule has 3 nitrogen and oxygen atoms in total. The van der Waals surface area contributed by atoms with Crippen LogP contribution in [0.1, 0.15) is 11.1 Å². The van der Waals surface area contributed by atoms with E-state index in [-0.39, 0.29) is 0 Å². The van der Waals surface area contributed by atoms with Crippen LogP contribution in [0.2, 0.25) is 0 Å². The largest absolute Gasteiger partial charge is 0.208 e. The second-order valence-electron chi connectivity index (χ2n) is 15.9. The van der Waals surface area contributed by atoms with E-state index in [0.29, 0.717) is 17.5 Å². The van der Waals surface area contributed by atoms with Crippen LogP contribution >= 0.6 is 11.3 Å². The molecule has 1 aliphatic rings. The maximum Gasteiger partial charge on any atom is 0.164 e. The second-order valence-corrected chi connectivity index (χ2v) is 17.0. The molecule has 62 heavy (non-hydrogen) atoms. The highest BCUT2D eigenvalue weighted by Gasteiger charge is 2.23. The molecule has 0 saturated heterocycles. The molecule has 0 amide bonds. The molecule has 9 aromatic carbocycles. The first kappa shape index (κ1) is 36.1. The molecule has 2 aromatic heterocycles. The van der Waals surface area contributed by atoms with Crippen LogP contribution in [0.3, 0.4) is 0 Å². The predicted octanol–water partition coefficient (Wildman–Crippen LogP) is 15.5. The molecule has 0 fully saturated rings. The number of hydrogen-bond donors (Lipinski definition) is 0. The molecule has 0 spiro atoms. The van der Waals surface area contributed by atoms with Gasteiger partial charge in [0.1, 0.15) is 0 Å². The maximum atomic E-state index is 5.31. The van der Waals surface area contributed by atoms with Crippen molar-refractivity contribution < 1.29 is 0 Å². The molecule has 11 aromatic rings. The van der Waals surface area contributed by atoms with E-state index in [1.54, 1.807) is 0 Å². The van der Waals surface area contributed by atoms with Gasteiger partial charge in [-0.3, -0.25) is 0 Å². The number of aromatic nitrogens is 3. The Morgan fingerprint density at radius 1 is 0.306 bits per heavy atom. The van der Waals surface area contributed by atoms with Gasteiger partial charge in [-0.25, -0.2) is 15.0 Å². The van der Waals surface area contributed by atoms with Crippen molar-refractivity contribution in [2.75, 3.05) is 0 Å². The summed E-state index contributed by atoms with van der Waals surface area (Å²) in [5.41, 5.74) is 17.6. The average molecular weight is 808 g/mol. The summed E-state index contributed by atoms with van der Waals surface area (Å²) in [6.45, 7) is 0. The molecule has 2 heterocycles. The molecule has 12 rings (SSSR count). The number of fused-ring (bicyclic) bond motifs is 6. The third kappa shape index (κ3) is 6.40. The molecule has 0 bridgehead atoms. The van der Waals surface area contributed by atoms with E-state index in [1.165, 1.54) is 64.7 Å². The van der Waals surface area contributed by atoms with Crippen LogP contribution in [0.4, 0.5) is 0 Å². The molecule has 0 aliphatic heterocycles.